The first-order chi connectivity index (χ1) is 17.5. The molecule has 3 aliphatic rings. The molecule has 3 amide bonds. The lowest BCUT2D eigenvalue weighted by atomic mass is 9.77. The second-order valence-electron chi connectivity index (χ2n) is 8.97. The Morgan fingerprint density at radius 2 is 1.81 bits per heavy atom. The summed E-state index contributed by atoms with van der Waals surface area (Å²) in [6.45, 7) is 0.432. The minimum absolute atomic E-state index is 0.121. The van der Waals surface area contributed by atoms with Gasteiger partial charge in [-0.3, -0.25) is 4.79 Å². The van der Waals surface area contributed by atoms with E-state index in [-0.39, 0.29) is 32.3 Å². The van der Waals surface area contributed by atoms with Crippen LogP contribution in [0.3, 0.4) is 0 Å². The largest absolute Gasteiger partial charge is 0.491 e. The zero-order valence-corrected chi connectivity index (χ0v) is 19.2. The van der Waals surface area contributed by atoms with E-state index in [1.165, 1.54) is 0 Å². The number of anilines is 1. The molecule has 2 unspecified atom stereocenters. The zero-order chi connectivity index (χ0) is 24.9. The Morgan fingerprint density at radius 1 is 1.06 bits per heavy atom. The van der Waals surface area contributed by atoms with Gasteiger partial charge in [0.25, 0.3) is 0 Å². The predicted octanol–water partition coefficient (Wildman–Crippen LogP) is 2.92. The van der Waals surface area contributed by atoms with Gasteiger partial charge in [0.05, 0.1) is 25.1 Å². The SMILES string of the molecule is N#CCc1ccc(C(CN2C(=O)C3(COc4cc5c(cc43)OCO5)c3ccccc32)NC(N)=O)cc1. The molecule has 3 aliphatic heterocycles. The predicted molar refractivity (Wildman–Crippen MR) is 129 cm³/mol. The smallest absolute Gasteiger partial charge is 0.312 e. The first-order valence-corrected chi connectivity index (χ1v) is 11.5. The summed E-state index contributed by atoms with van der Waals surface area (Å²) in [4.78, 5) is 27.8. The van der Waals surface area contributed by atoms with Crippen molar-refractivity contribution in [1.82, 2.24) is 5.32 Å². The monoisotopic (exact) mass is 482 g/mol. The van der Waals surface area contributed by atoms with E-state index in [4.69, 9.17) is 25.2 Å². The van der Waals surface area contributed by atoms with E-state index in [1.807, 2.05) is 54.6 Å². The molecule has 3 aromatic carbocycles. The van der Waals surface area contributed by atoms with Gasteiger partial charge in [-0.1, -0.05) is 42.5 Å². The van der Waals surface area contributed by atoms with Crippen LogP contribution in [0.25, 0.3) is 0 Å². The molecule has 0 radical (unpaired) electrons. The molecule has 0 aliphatic carbocycles. The fraction of sp³-hybridized carbons (Fsp3) is 0.222. The molecule has 3 N–H and O–H groups in total. The van der Waals surface area contributed by atoms with E-state index < -0.39 is 17.5 Å². The molecule has 1 spiro atoms. The number of para-hydroxylation sites is 1. The molecule has 0 saturated carbocycles. The highest BCUT2D eigenvalue weighted by molar-refractivity contribution is 6.11. The number of nitrogens with one attached hydrogen (secondary N) is 1. The molecule has 9 heteroatoms. The number of fused-ring (bicyclic) bond motifs is 5. The second kappa shape index (κ2) is 8.20. The molecule has 0 aromatic heterocycles. The maximum atomic E-state index is 14.2. The van der Waals surface area contributed by atoms with Gasteiger partial charge in [-0.25, -0.2) is 4.79 Å². The van der Waals surface area contributed by atoms with Gasteiger partial charge >= 0.3 is 6.03 Å². The second-order valence-corrected chi connectivity index (χ2v) is 8.97. The highest BCUT2D eigenvalue weighted by atomic mass is 16.7. The average Bonchev–Trinajstić information content (AvgIpc) is 3.55. The molecular formula is C27H22N4O5. The maximum Gasteiger partial charge on any atom is 0.312 e. The number of nitrogens with two attached hydrogens (primary N) is 1. The van der Waals surface area contributed by atoms with Crippen LogP contribution in [0.1, 0.15) is 28.3 Å². The fourth-order valence-electron chi connectivity index (χ4n) is 5.29. The molecule has 0 bridgehead atoms. The molecule has 0 fully saturated rings. The molecule has 0 saturated heterocycles. The number of nitrogens with zero attached hydrogens (tertiary/aromatic N) is 2. The third-order valence-electron chi connectivity index (χ3n) is 6.99. The fourth-order valence-corrected chi connectivity index (χ4v) is 5.29. The molecule has 2 atom stereocenters. The van der Waals surface area contributed by atoms with Crippen molar-refractivity contribution in [3.63, 3.8) is 0 Å². The number of primary amides is 1. The summed E-state index contributed by atoms with van der Waals surface area (Å²) in [6, 6.07) is 19.4. The van der Waals surface area contributed by atoms with Crippen LogP contribution in [-0.4, -0.2) is 31.9 Å². The number of hydrogen-bond donors (Lipinski definition) is 2. The molecular weight excluding hydrogens is 460 g/mol. The Kier molecular flexibility index (Phi) is 4.97. The van der Waals surface area contributed by atoms with Gasteiger partial charge in [-0.2, -0.15) is 5.26 Å². The Morgan fingerprint density at radius 3 is 2.56 bits per heavy atom. The lowest BCUT2D eigenvalue weighted by Gasteiger charge is -2.27. The van der Waals surface area contributed by atoms with E-state index in [0.29, 0.717) is 17.2 Å². The maximum absolute atomic E-state index is 14.2. The summed E-state index contributed by atoms with van der Waals surface area (Å²) < 4.78 is 17.1. The van der Waals surface area contributed by atoms with Gasteiger partial charge in [-0.15, -0.1) is 0 Å². The van der Waals surface area contributed by atoms with Gasteiger partial charge in [-0.05, 0) is 28.8 Å². The Hall–Kier alpha value is -4.71. The van der Waals surface area contributed by atoms with Crippen molar-refractivity contribution in [2.45, 2.75) is 17.9 Å². The van der Waals surface area contributed by atoms with E-state index in [1.54, 1.807) is 11.0 Å². The lowest BCUT2D eigenvalue weighted by molar-refractivity contribution is -0.122. The third-order valence-corrected chi connectivity index (χ3v) is 6.99. The highest BCUT2D eigenvalue weighted by Gasteiger charge is 2.57. The van der Waals surface area contributed by atoms with E-state index >= 15 is 0 Å². The summed E-state index contributed by atoms with van der Waals surface area (Å²) in [7, 11) is 0. The van der Waals surface area contributed by atoms with Gasteiger partial charge in [0.2, 0.25) is 12.7 Å². The Balaban J connectivity index is 1.40. The van der Waals surface area contributed by atoms with Crippen LogP contribution in [0.4, 0.5) is 10.5 Å². The highest BCUT2D eigenvalue weighted by Crippen LogP contribution is 2.55. The number of nitriles is 1. The van der Waals surface area contributed by atoms with E-state index in [2.05, 4.69) is 11.4 Å². The zero-order valence-electron chi connectivity index (χ0n) is 19.2. The summed E-state index contributed by atoms with van der Waals surface area (Å²) in [5, 5.41) is 11.7. The number of hydrogen-bond acceptors (Lipinski definition) is 6. The van der Waals surface area contributed by atoms with Crippen LogP contribution in [0.2, 0.25) is 0 Å². The third kappa shape index (κ3) is 3.22. The number of amides is 3. The van der Waals surface area contributed by atoms with Crippen molar-refractivity contribution in [2.75, 3.05) is 24.8 Å². The lowest BCUT2D eigenvalue weighted by Crippen LogP contribution is -2.46. The van der Waals surface area contributed by atoms with Crippen LogP contribution in [0.5, 0.6) is 17.2 Å². The van der Waals surface area contributed by atoms with E-state index in [9.17, 15) is 9.59 Å². The Bertz CT molecular complexity index is 1430. The van der Waals surface area contributed by atoms with Crippen LogP contribution < -0.4 is 30.2 Å². The van der Waals surface area contributed by atoms with Crippen molar-refractivity contribution in [3.8, 4) is 23.3 Å². The summed E-state index contributed by atoms with van der Waals surface area (Å²) >= 11 is 0. The molecule has 3 aromatic rings. The van der Waals surface area contributed by atoms with Crippen LogP contribution >= 0.6 is 0 Å². The summed E-state index contributed by atoms with van der Waals surface area (Å²) in [5.41, 5.74) is 8.39. The van der Waals surface area contributed by atoms with Gasteiger partial charge in [0.1, 0.15) is 17.8 Å². The quantitative estimate of drug-likeness (QED) is 0.576. The van der Waals surface area contributed by atoms with Crippen molar-refractivity contribution < 1.29 is 23.8 Å². The van der Waals surface area contributed by atoms with E-state index in [0.717, 1.165) is 27.9 Å². The minimum atomic E-state index is -1.04. The Labute approximate surface area is 207 Å². The number of urea groups is 1. The number of ether oxygens (including phenoxy) is 3. The van der Waals surface area contributed by atoms with Crippen LogP contribution in [0, 0.1) is 11.3 Å². The van der Waals surface area contributed by atoms with Gasteiger partial charge in [0.15, 0.2) is 11.5 Å². The van der Waals surface area contributed by atoms with Gasteiger partial charge < -0.3 is 30.2 Å². The summed E-state index contributed by atoms with van der Waals surface area (Å²) in [6.07, 6.45) is 0.284. The molecule has 3 heterocycles. The molecule has 6 rings (SSSR count). The molecule has 180 valence electrons. The first-order valence-electron chi connectivity index (χ1n) is 11.5. The van der Waals surface area contributed by atoms with Crippen LogP contribution in [-0.2, 0) is 16.6 Å². The average molecular weight is 482 g/mol. The number of rotatable bonds is 5. The number of benzene rings is 3. The number of carbonyl (C=O) groups excluding carboxylic acids is 2. The standard InChI is InChI=1S/C27H22N4O5/c28-10-9-16-5-7-17(8-6-16)20(30-26(29)33)13-31-21-4-2-1-3-18(21)27(25(31)32)14-34-22-12-24-23(11-19(22)27)35-15-36-24/h1-8,11-12,20H,9,13-15H2,(H3,29,30,33). The minimum Gasteiger partial charge on any atom is -0.491 e. The van der Waals surface area contributed by atoms with Crippen molar-refractivity contribution in [3.05, 3.63) is 82.9 Å². The van der Waals surface area contributed by atoms with Crippen LogP contribution in [0.15, 0.2) is 60.7 Å². The number of carbonyl (C=O) groups is 2. The molecule has 9 nitrogen and oxygen atoms in total. The first kappa shape index (κ1) is 21.8. The topological polar surface area (TPSA) is 127 Å². The summed E-state index contributed by atoms with van der Waals surface area (Å²) in [5.74, 6) is 1.60. The van der Waals surface area contributed by atoms with Crippen molar-refractivity contribution in [2.24, 2.45) is 5.73 Å². The van der Waals surface area contributed by atoms with Gasteiger partial charge in [0, 0.05) is 17.3 Å². The molecule has 36 heavy (non-hydrogen) atoms. The van der Waals surface area contributed by atoms with Crippen molar-refractivity contribution >= 4 is 17.6 Å². The normalized spacial score (nSPS) is 19.4. The van der Waals surface area contributed by atoms with Crippen molar-refractivity contribution in [1.29, 1.82) is 5.26 Å².